The van der Waals surface area contributed by atoms with E-state index in [0.29, 0.717) is 11.2 Å². The number of ether oxygens (including phenoxy) is 1. The number of hydrogen-bond donors (Lipinski definition) is 4. The summed E-state index contributed by atoms with van der Waals surface area (Å²) in [5.74, 6) is 0.212. The van der Waals surface area contributed by atoms with Gasteiger partial charge in [0.05, 0.1) is 12.9 Å². The van der Waals surface area contributed by atoms with Gasteiger partial charge in [0.1, 0.15) is 30.2 Å². The summed E-state index contributed by atoms with van der Waals surface area (Å²) in [4.78, 5) is 12.0. The molecule has 1 unspecified atom stereocenters. The first-order valence-corrected chi connectivity index (χ1v) is 6.08. The number of fused-ring (bicyclic) bond motifs is 1. The third-order valence-electron chi connectivity index (χ3n) is 3.66. The molecule has 1 saturated heterocycles. The summed E-state index contributed by atoms with van der Waals surface area (Å²) >= 11 is 0. The van der Waals surface area contributed by atoms with Gasteiger partial charge in [0.25, 0.3) is 0 Å². The minimum Gasteiger partial charge on any atom is -0.394 e. The monoisotopic (exact) mass is 281 g/mol. The topological polar surface area (TPSA) is 140 Å². The van der Waals surface area contributed by atoms with Crippen molar-refractivity contribution in [3.8, 4) is 0 Å². The van der Waals surface area contributed by atoms with Crippen LogP contribution in [0.15, 0.2) is 12.7 Å². The Morgan fingerprint density at radius 2 is 2.15 bits per heavy atom. The number of anilines is 1. The second-order valence-electron chi connectivity index (χ2n) is 4.87. The highest BCUT2D eigenvalue weighted by Crippen LogP contribution is 2.37. The molecule has 1 fully saturated rings. The number of nitrogens with zero attached hydrogens (tertiary/aromatic N) is 4. The molecule has 3 rings (SSSR count). The molecule has 3 heterocycles. The molecule has 0 spiro atoms. The highest BCUT2D eigenvalue weighted by atomic mass is 16.6. The summed E-state index contributed by atoms with van der Waals surface area (Å²) in [6, 6.07) is 0. The molecule has 20 heavy (non-hydrogen) atoms. The van der Waals surface area contributed by atoms with Crippen molar-refractivity contribution in [2.75, 3.05) is 12.3 Å². The first-order valence-electron chi connectivity index (χ1n) is 6.08. The predicted molar refractivity (Wildman–Crippen MR) is 67.4 cm³/mol. The molecule has 0 aliphatic carbocycles. The molecule has 0 bridgehead atoms. The van der Waals surface area contributed by atoms with E-state index in [1.165, 1.54) is 17.2 Å². The van der Waals surface area contributed by atoms with E-state index in [4.69, 9.17) is 10.5 Å². The van der Waals surface area contributed by atoms with Crippen LogP contribution in [0.5, 0.6) is 0 Å². The summed E-state index contributed by atoms with van der Waals surface area (Å²) in [5.41, 5.74) is 5.16. The largest absolute Gasteiger partial charge is 0.394 e. The van der Waals surface area contributed by atoms with Crippen LogP contribution in [0.2, 0.25) is 0 Å². The Morgan fingerprint density at radius 1 is 1.40 bits per heavy atom. The normalized spacial score (nSPS) is 33.9. The maximum Gasteiger partial charge on any atom is 0.173 e. The van der Waals surface area contributed by atoms with Crippen molar-refractivity contribution < 1.29 is 20.1 Å². The molecule has 1 aliphatic rings. The van der Waals surface area contributed by atoms with Gasteiger partial charge in [0.2, 0.25) is 0 Å². The van der Waals surface area contributed by atoms with Gasteiger partial charge in [-0.3, -0.25) is 4.57 Å². The highest BCUT2D eigenvalue weighted by molar-refractivity contribution is 5.81. The lowest BCUT2D eigenvalue weighted by Crippen LogP contribution is -2.43. The van der Waals surface area contributed by atoms with Crippen molar-refractivity contribution in [2.24, 2.45) is 0 Å². The summed E-state index contributed by atoms with van der Waals surface area (Å²) in [6.45, 7) is 1.17. The van der Waals surface area contributed by atoms with Crippen LogP contribution in [-0.2, 0) is 10.5 Å². The fourth-order valence-corrected chi connectivity index (χ4v) is 2.49. The maximum absolute atomic E-state index is 10.2. The lowest BCUT2D eigenvalue weighted by Gasteiger charge is -2.29. The second kappa shape index (κ2) is 4.35. The van der Waals surface area contributed by atoms with E-state index in [1.807, 2.05) is 0 Å². The molecule has 0 amide bonds. The van der Waals surface area contributed by atoms with Gasteiger partial charge in [-0.15, -0.1) is 0 Å². The smallest absolute Gasteiger partial charge is 0.173 e. The Morgan fingerprint density at radius 3 is 2.80 bits per heavy atom. The van der Waals surface area contributed by atoms with Crippen molar-refractivity contribution >= 4 is 17.0 Å². The van der Waals surface area contributed by atoms with Crippen molar-refractivity contribution in [3.63, 3.8) is 0 Å². The van der Waals surface area contributed by atoms with Crippen LogP contribution >= 0.6 is 0 Å². The SMILES string of the molecule is CC1(n2cnc3c(N)ncnc32)O[C@H](CO)[C@@H](O)[C@H]1O. The number of imidazole rings is 1. The van der Waals surface area contributed by atoms with Gasteiger partial charge in [-0.1, -0.05) is 0 Å². The van der Waals surface area contributed by atoms with Crippen LogP contribution in [0, 0.1) is 0 Å². The third kappa shape index (κ3) is 1.61. The Balaban J connectivity index is 2.13. The number of aliphatic hydroxyl groups excluding tert-OH is 3. The fraction of sp³-hybridized carbons (Fsp3) is 0.545. The van der Waals surface area contributed by atoms with E-state index in [1.54, 1.807) is 6.92 Å². The molecular formula is C11H15N5O4. The molecule has 5 N–H and O–H groups in total. The van der Waals surface area contributed by atoms with Crippen LogP contribution < -0.4 is 5.73 Å². The van der Waals surface area contributed by atoms with Crippen molar-refractivity contribution in [1.82, 2.24) is 19.5 Å². The summed E-state index contributed by atoms with van der Waals surface area (Å²) in [5, 5.41) is 29.3. The lowest BCUT2D eigenvalue weighted by atomic mass is 10.0. The zero-order chi connectivity index (χ0) is 14.5. The van der Waals surface area contributed by atoms with Gasteiger partial charge in [-0.05, 0) is 6.92 Å². The predicted octanol–water partition coefficient (Wildman–Crippen LogP) is -1.81. The number of hydrogen-bond acceptors (Lipinski definition) is 8. The van der Waals surface area contributed by atoms with Gasteiger partial charge in [-0.2, -0.15) is 0 Å². The Labute approximate surface area is 113 Å². The zero-order valence-electron chi connectivity index (χ0n) is 10.7. The Bertz CT molecular complexity index is 647. The minimum absolute atomic E-state index is 0.212. The molecule has 2 aromatic heterocycles. The van der Waals surface area contributed by atoms with Crippen LogP contribution in [0.1, 0.15) is 6.92 Å². The maximum atomic E-state index is 10.2. The van der Waals surface area contributed by atoms with E-state index in [2.05, 4.69) is 15.0 Å². The minimum atomic E-state index is -1.30. The van der Waals surface area contributed by atoms with Gasteiger partial charge in [-0.25, -0.2) is 15.0 Å². The lowest BCUT2D eigenvalue weighted by molar-refractivity contribution is -0.132. The van der Waals surface area contributed by atoms with Crippen LogP contribution in [-0.4, -0.2) is 59.8 Å². The van der Waals surface area contributed by atoms with E-state index < -0.39 is 30.6 Å². The first-order chi connectivity index (χ1) is 9.49. The molecule has 4 atom stereocenters. The van der Waals surface area contributed by atoms with E-state index >= 15 is 0 Å². The highest BCUT2D eigenvalue weighted by Gasteiger charge is 2.52. The molecular weight excluding hydrogens is 266 g/mol. The molecule has 1 aliphatic heterocycles. The Kier molecular flexibility index (Phi) is 2.87. The average molecular weight is 281 g/mol. The molecule has 108 valence electrons. The molecule has 0 aromatic carbocycles. The molecule has 2 aromatic rings. The van der Waals surface area contributed by atoms with E-state index in [0.717, 1.165) is 0 Å². The molecule has 0 radical (unpaired) electrons. The number of aromatic nitrogens is 4. The second-order valence-corrected chi connectivity index (χ2v) is 4.87. The van der Waals surface area contributed by atoms with Gasteiger partial charge in [0, 0.05) is 0 Å². The third-order valence-corrected chi connectivity index (χ3v) is 3.66. The standard InChI is InChI=1S/C11H15N5O4/c1-11(8(19)7(18)5(2-17)20-11)16-4-15-6-9(12)13-3-14-10(6)16/h3-5,7-8,17-19H,2H2,1H3,(H2,12,13,14)/t5-,7-,8-,11?/m1/s1. The van der Waals surface area contributed by atoms with Crippen LogP contribution in [0.3, 0.4) is 0 Å². The molecule has 9 heteroatoms. The van der Waals surface area contributed by atoms with Gasteiger partial charge < -0.3 is 25.8 Å². The van der Waals surface area contributed by atoms with Crippen molar-refractivity contribution in [1.29, 1.82) is 0 Å². The molecule has 9 nitrogen and oxygen atoms in total. The number of aliphatic hydroxyl groups is 3. The summed E-state index contributed by atoms with van der Waals surface area (Å²) < 4.78 is 7.06. The van der Waals surface area contributed by atoms with Crippen molar-refractivity contribution in [2.45, 2.75) is 31.0 Å². The first kappa shape index (κ1) is 13.2. The van der Waals surface area contributed by atoms with Crippen molar-refractivity contribution in [3.05, 3.63) is 12.7 Å². The zero-order valence-corrected chi connectivity index (χ0v) is 10.7. The van der Waals surface area contributed by atoms with E-state index in [-0.39, 0.29) is 5.82 Å². The van der Waals surface area contributed by atoms with Crippen LogP contribution in [0.25, 0.3) is 11.2 Å². The number of rotatable bonds is 2. The van der Waals surface area contributed by atoms with E-state index in [9.17, 15) is 15.3 Å². The van der Waals surface area contributed by atoms with Crippen LogP contribution in [0.4, 0.5) is 5.82 Å². The average Bonchev–Trinajstić information content (AvgIpc) is 2.96. The summed E-state index contributed by atoms with van der Waals surface area (Å²) in [7, 11) is 0. The fourth-order valence-electron chi connectivity index (χ4n) is 2.49. The number of nitrogen functional groups attached to an aromatic ring is 1. The van der Waals surface area contributed by atoms with Gasteiger partial charge in [0.15, 0.2) is 17.2 Å². The number of nitrogens with two attached hydrogens (primary N) is 1. The Hall–Kier alpha value is -1.81. The quantitative estimate of drug-likeness (QED) is 0.505. The summed E-state index contributed by atoms with van der Waals surface area (Å²) in [6.07, 6.45) is -0.646. The van der Waals surface area contributed by atoms with Gasteiger partial charge >= 0.3 is 0 Å². The molecule has 0 saturated carbocycles.